The highest BCUT2D eigenvalue weighted by molar-refractivity contribution is 8.00. The van der Waals surface area contributed by atoms with Gasteiger partial charge in [0.1, 0.15) is 5.76 Å². The number of carbonyl (C=O) groups is 2. The number of rotatable bonds is 1. The molecule has 1 fully saturated rings. The first kappa shape index (κ1) is 8.43. The molecule has 0 aromatic carbocycles. The first-order valence-corrected chi connectivity index (χ1v) is 4.82. The number of carbonyl (C=O) groups excluding carboxylic acids is 2. The number of nitrogens with zero attached hydrogens (tertiary/aromatic N) is 1. The molecule has 1 atom stereocenters. The van der Waals surface area contributed by atoms with Gasteiger partial charge >= 0.3 is 6.09 Å². The van der Waals surface area contributed by atoms with Crippen molar-refractivity contribution in [1.29, 1.82) is 0 Å². The van der Waals surface area contributed by atoms with E-state index in [-0.39, 0.29) is 11.3 Å². The first-order valence-electron chi connectivity index (χ1n) is 3.77. The van der Waals surface area contributed by atoms with E-state index in [1.807, 2.05) is 0 Å². The van der Waals surface area contributed by atoms with Crippen molar-refractivity contribution in [2.75, 3.05) is 5.75 Å². The number of amides is 2. The second kappa shape index (κ2) is 2.95. The fourth-order valence-corrected chi connectivity index (χ4v) is 2.34. The zero-order chi connectivity index (χ0) is 9.42. The van der Waals surface area contributed by atoms with Crippen LogP contribution >= 0.6 is 11.8 Å². The van der Waals surface area contributed by atoms with Crippen LogP contribution < -0.4 is 5.73 Å². The Bertz CT molecular complexity index is 302. The van der Waals surface area contributed by atoms with E-state index in [0.717, 1.165) is 0 Å². The fraction of sp³-hybridized carbons (Fsp3) is 0.429. The number of primary amides is 1. The van der Waals surface area contributed by atoms with Crippen molar-refractivity contribution in [1.82, 2.24) is 4.90 Å². The Kier molecular flexibility index (Phi) is 1.91. The monoisotopic (exact) mass is 200 g/mol. The second-order valence-corrected chi connectivity index (χ2v) is 3.95. The van der Waals surface area contributed by atoms with Gasteiger partial charge in [-0.15, -0.1) is 11.8 Å². The van der Waals surface area contributed by atoms with E-state index >= 15 is 0 Å². The molecule has 2 aliphatic rings. The topological polar surface area (TPSA) is 72.6 Å². The summed E-state index contributed by atoms with van der Waals surface area (Å²) in [4.78, 5) is 23.0. The molecule has 5 nitrogen and oxygen atoms in total. The third-order valence-corrected chi connectivity index (χ3v) is 3.11. The molecule has 1 saturated heterocycles. The van der Waals surface area contributed by atoms with E-state index in [1.165, 1.54) is 0 Å². The number of nitrogens with two attached hydrogens (primary N) is 1. The van der Waals surface area contributed by atoms with Crippen LogP contribution in [0.15, 0.2) is 12.0 Å². The van der Waals surface area contributed by atoms with Crippen molar-refractivity contribution in [3.8, 4) is 0 Å². The predicted octanol–water partition coefficient (Wildman–Crippen LogP) is 0.228. The predicted molar refractivity (Wildman–Crippen MR) is 46.5 cm³/mol. The van der Waals surface area contributed by atoms with Crippen LogP contribution in [-0.4, -0.2) is 28.0 Å². The number of hydrogen-bond donors (Lipinski definition) is 1. The molecule has 2 aliphatic heterocycles. The highest BCUT2D eigenvalue weighted by atomic mass is 32.2. The summed E-state index contributed by atoms with van der Waals surface area (Å²) in [6.07, 6.45) is 1.29. The van der Waals surface area contributed by atoms with Gasteiger partial charge in [-0.1, -0.05) is 0 Å². The Balaban J connectivity index is 2.05. The standard InChI is InChI=1S/C7H8N2O3S/c8-7(11)12-4-2-9-5(10)1-6(9)13-3-4/h2,6H,1,3H2,(H2,8,11)/t6-/m0/s1. The lowest BCUT2D eigenvalue weighted by Gasteiger charge is -2.40. The van der Waals surface area contributed by atoms with Gasteiger partial charge in [-0.05, 0) is 0 Å². The zero-order valence-electron chi connectivity index (χ0n) is 6.73. The number of hydrogen-bond acceptors (Lipinski definition) is 4. The molecule has 0 aromatic heterocycles. The first-order chi connectivity index (χ1) is 6.16. The minimum absolute atomic E-state index is 0.0581. The molecule has 0 radical (unpaired) electrons. The molecule has 13 heavy (non-hydrogen) atoms. The van der Waals surface area contributed by atoms with Gasteiger partial charge in [-0.25, -0.2) is 4.79 Å². The maximum absolute atomic E-state index is 11.0. The maximum atomic E-state index is 11.0. The van der Waals surface area contributed by atoms with Crippen LogP contribution in [0.3, 0.4) is 0 Å². The van der Waals surface area contributed by atoms with Crippen molar-refractivity contribution >= 4 is 23.8 Å². The smallest absolute Gasteiger partial charge is 0.409 e. The molecule has 0 aromatic rings. The summed E-state index contributed by atoms with van der Waals surface area (Å²) in [5, 5.41) is 0.229. The minimum atomic E-state index is -0.835. The van der Waals surface area contributed by atoms with Gasteiger partial charge in [0.25, 0.3) is 0 Å². The quantitative estimate of drug-likeness (QED) is 0.615. The van der Waals surface area contributed by atoms with Crippen molar-refractivity contribution in [3.05, 3.63) is 12.0 Å². The van der Waals surface area contributed by atoms with E-state index in [4.69, 9.17) is 5.73 Å². The van der Waals surface area contributed by atoms with Crippen LogP contribution in [0, 0.1) is 0 Å². The number of fused-ring (bicyclic) bond motifs is 1. The summed E-state index contributed by atoms with van der Waals surface area (Å²) in [5.41, 5.74) is 4.84. The number of thioether (sulfide) groups is 1. The fourth-order valence-electron chi connectivity index (χ4n) is 1.25. The molecular formula is C7H8N2O3S. The minimum Gasteiger partial charge on any atom is -0.413 e. The van der Waals surface area contributed by atoms with Crippen molar-refractivity contribution in [3.63, 3.8) is 0 Å². The third kappa shape index (κ3) is 1.49. The van der Waals surface area contributed by atoms with Gasteiger partial charge in [-0.3, -0.25) is 4.79 Å². The van der Waals surface area contributed by atoms with Crippen LogP contribution in [-0.2, 0) is 9.53 Å². The third-order valence-electron chi connectivity index (χ3n) is 1.88. The van der Waals surface area contributed by atoms with Gasteiger partial charge in [0, 0.05) is 6.20 Å². The Hall–Kier alpha value is -1.17. The number of ether oxygens (including phenoxy) is 1. The summed E-state index contributed by atoms with van der Waals surface area (Å²) in [7, 11) is 0. The van der Waals surface area contributed by atoms with E-state index in [0.29, 0.717) is 17.9 Å². The molecule has 2 N–H and O–H groups in total. The van der Waals surface area contributed by atoms with Crippen LogP contribution in [0.2, 0.25) is 0 Å². The van der Waals surface area contributed by atoms with Crippen molar-refractivity contribution in [2.24, 2.45) is 5.73 Å². The van der Waals surface area contributed by atoms with Gasteiger partial charge < -0.3 is 15.4 Å². The lowest BCUT2D eigenvalue weighted by atomic mass is 10.2. The van der Waals surface area contributed by atoms with Gasteiger partial charge in [-0.2, -0.15) is 0 Å². The van der Waals surface area contributed by atoms with Crippen molar-refractivity contribution < 1.29 is 14.3 Å². The SMILES string of the molecule is NC(=O)OC1=CN2C(=O)C[C@@H]2SC1. The number of β-lactam (4-membered cyclic amide) rings is 1. The summed E-state index contributed by atoms with van der Waals surface area (Å²) < 4.78 is 4.68. The lowest BCUT2D eigenvalue weighted by Crippen LogP contribution is -2.49. The molecule has 2 amide bonds. The lowest BCUT2D eigenvalue weighted by molar-refractivity contribution is -0.137. The molecule has 0 aliphatic carbocycles. The molecule has 0 spiro atoms. The van der Waals surface area contributed by atoms with Crippen LogP contribution in [0.5, 0.6) is 0 Å². The van der Waals surface area contributed by atoms with Crippen LogP contribution in [0.4, 0.5) is 4.79 Å². The van der Waals surface area contributed by atoms with Crippen LogP contribution in [0.1, 0.15) is 6.42 Å². The Morgan fingerprint density at radius 3 is 3.15 bits per heavy atom. The van der Waals surface area contributed by atoms with Gasteiger partial charge in [0.05, 0.1) is 17.5 Å². The summed E-state index contributed by atoms with van der Waals surface area (Å²) in [6, 6.07) is 0. The van der Waals surface area contributed by atoms with E-state index in [9.17, 15) is 9.59 Å². The van der Waals surface area contributed by atoms with Gasteiger partial charge in [0.2, 0.25) is 5.91 Å². The van der Waals surface area contributed by atoms with E-state index in [2.05, 4.69) is 4.74 Å². The molecule has 0 saturated carbocycles. The molecule has 6 heteroatoms. The molecule has 0 bridgehead atoms. The molecular weight excluding hydrogens is 192 g/mol. The van der Waals surface area contributed by atoms with Crippen molar-refractivity contribution in [2.45, 2.75) is 11.8 Å². The Labute approximate surface area is 78.9 Å². The molecule has 2 rings (SSSR count). The highest BCUT2D eigenvalue weighted by Gasteiger charge is 2.38. The normalized spacial score (nSPS) is 25.8. The Morgan fingerprint density at radius 2 is 2.54 bits per heavy atom. The largest absolute Gasteiger partial charge is 0.413 e. The van der Waals surface area contributed by atoms with E-state index < -0.39 is 6.09 Å². The van der Waals surface area contributed by atoms with E-state index in [1.54, 1.807) is 22.9 Å². The second-order valence-electron chi connectivity index (χ2n) is 2.79. The summed E-state index contributed by atoms with van der Waals surface area (Å²) in [6.45, 7) is 0. The molecule has 2 heterocycles. The summed E-state index contributed by atoms with van der Waals surface area (Å²) >= 11 is 1.57. The zero-order valence-corrected chi connectivity index (χ0v) is 7.54. The average molecular weight is 200 g/mol. The maximum Gasteiger partial charge on any atom is 0.409 e. The van der Waals surface area contributed by atoms with Gasteiger partial charge in [0.15, 0.2) is 0 Å². The molecule has 70 valence electrons. The summed E-state index contributed by atoms with van der Waals surface area (Å²) in [5.74, 6) is 1.10. The highest BCUT2D eigenvalue weighted by Crippen LogP contribution is 2.35. The molecule has 0 unspecified atom stereocenters. The Morgan fingerprint density at radius 1 is 1.77 bits per heavy atom. The van der Waals surface area contributed by atoms with Crippen LogP contribution in [0.25, 0.3) is 0 Å². The average Bonchev–Trinajstić information content (AvgIpc) is 2.05.